The number of hydrogen-bond acceptors (Lipinski definition) is 7. The van der Waals surface area contributed by atoms with Crippen LogP contribution in [0.25, 0.3) is 0 Å². The van der Waals surface area contributed by atoms with Gasteiger partial charge in [0.1, 0.15) is 6.33 Å². The van der Waals surface area contributed by atoms with Crippen LogP contribution in [-0.2, 0) is 14.3 Å². The average Bonchev–Trinajstić information content (AvgIpc) is 3.57. The number of aromatic nitrogens is 3. The van der Waals surface area contributed by atoms with Crippen molar-refractivity contribution < 1.29 is 24.2 Å². The smallest absolute Gasteiger partial charge is 0.307 e. The van der Waals surface area contributed by atoms with E-state index in [0.29, 0.717) is 43.4 Å². The summed E-state index contributed by atoms with van der Waals surface area (Å²) in [5.74, 6) is 0.598. The maximum Gasteiger partial charge on any atom is 0.307 e. The lowest BCUT2D eigenvalue weighted by atomic mass is 9.34. The summed E-state index contributed by atoms with van der Waals surface area (Å²) < 4.78 is 16.0. The number of nitrogens with zero attached hydrogens (tertiary/aromatic N) is 4. The molecule has 10 heteroatoms. The highest BCUT2D eigenvalue weighted by Crippen LogP contribution is 2.75. The monoisotopic (exact) mass is 752 g/mol. The SMILES string of the molecule is CC(C)NC(=O)c1ncnn1[C@@H]1C[C@@]23COC[C@](C)([C@@H]2CC[C@H]2C3=CC[C@@]3(C)[C@H](C(=O)O)[C@@](C)([C@H](C)C(C)C)CC[C@]23C)[C@H]1OC[C@@](C)(C(C)C)N(C)C. The van der Waals surface area contributed by atoms with Gasteiger partial charge in [0.15, 0.2) is 0 Å². The number of fused-ring (bicyclic) bond motifs is 3. The van der Waals surface area contributed by atoms with Crippen molar-refractivity contribution in [3.8, 4) is 0 Å². The highest BCUT2D eigenvalue weighted by molar-refractivity contribution is 5.90. The molecule has 6 rings (SSSR count). The molecular formula is C44H73N5O5. The Hall–Kier alpha value is -2.30. The Morgan fingerprint density at radius 2 is 1.74 bits per heavy atom. The van der Waals surface area contributed by atoms with Gasteiger partial charge in [-0.05, 0) is 119 Å². The van der Waals surface area contributed by atoms with E-state index in [1.54, 1.807) is 0 Å². The number of carboxylic acids is 1. The first-order valence-electron chi connectivity index (χ1n) is 21.1. The van der Waals surface area contributed by atoms with Crippen molar-refractivity contribution in [1.29, 1.82) is 0 Å². The number of ether oxygens (including phenoxy) is 2. The molecule has 2 heterocycles. The molecule has 2 N–H and O–H groups in total. The maximum atomic E-state index is 13.7. The molecule has 304 valence electrons. The van der Waals surface area contributed by atoms with Gasteiger partial charge in [-0.3, -0.25) is 9.59 Å². The van der Waals surface area contributed by atoms with Crippen molar-refractivity contribution in [3.05, 3.63) is 23.8 Å². The first kappa shape index (κ1) is 41.3. The molecule has 10 nitrogen and oxygen atoms in total. The minimum Gasteiger partial charge on any atom is -0.481 e. The molecule has 0 spiro atoms. The van der Waals surface area contributed by atoms with Gasteiger partial charge in [0.2, 0.25) is 5.82 Å². The normalized spacial score (nSPS) is 40.8. The van der Waals surface area contributed by atoms with Crippen LogP contribution in [0.3, 0.4) is 0 Å². The molecule has 4 fully saturated rings. The Morgan fingerprint density at radius 1 is 1.06 bits per heavy atom. The summed E-state index contributed by atoms with van der Waals surface area (Å²) in [6.45, 7) is 28.6. The Kier molecular flexibility index (Phi) is 10.7. The second-order valence-corrected chi connectivity index (χ2v) is 20.9. The maximum absolute atomic E-state index is 13.7. The predicted molar refractivity (Wildman–Crippen MR) is 212 cm³/mol. The molecule has 3 saturated carbocycles. The minimum absolute atomic E-state index is 0.0433. The number of amides is 1. The Morgan fingerprint density at radius 3 is 2.33 bits per heavy atom. The van der Waals surface area contributed by atoms with E-state index in [4.69, 9.17) is 14.6 Å². The molecule has 4 aliphatic carbocycles. The van der Waals surface area contributed by atoms with E-state index in [-0.39, 0.29) is 63.1 Å². The summed E-state index contributed by atoms with van der Waals surface area (Å²) in [7, 11) is 4.25. The molecule has 0 unspecified atom stereocenters. The van der Waals surface area contributed by atoms with Crippen LogP contribution in [0.1, 0.15) is 138 Å². The first-order chi connectivity index (χ1) is 25.0. The van der Waals surface area contributed by atoms with E-state index in [9.17, 15) is 14.7 Å². The van der Waals surface area contributed by atoms with Crippen molar-refractivity contribution in [2.24, 2.45) is 62.6 Å². The van der Waals surface area contributed by atoms with Crippen LogP contribution in [0.2, 0.25) is 0 Å². The van der Waals surface area contributed by atoms with Gasteiger partial charge in [0, 0.05) is 22.4 Å². The second kappa shape index (κ2) is 14.0. The lowest BCUT2D eigenvalue weighted by Gasteiger charge is -2.71. The quantitative estimate of drug-likeness (QED) is 0.219. The zero-order valence-corrected chi connectivity index (χ0v) is 36.1. The Bertz CT molecular complexity index is 1610. The molecule has 1 saturated heterocycles. The van der Waals surface area contributed by atoms with E-state index in [1.165, 1.54) is 11.9 Å². The predicted octanol–water partition coefficient (Wildman–Crippen LogP) is 7.91. The third-order valence-electron chi connectivity index (χ3n) is 17.4. The number of aliphatic carboxylic acids is 1. The first-order valence-corrected chi connectivity index (χ1v) is 21.1. The number of carboxylic acid groups (broad SMARTS) is 1. The number of carbonyl (C=O) groups is 2. The van der Waals surface area contributed by atoms with Crippen molar-refractivity contribution in [1.82, 2.24) is 25.0 Å². The van der Waals surface area contributed by atoms with E-state index in [0.717, 1.165) is 38.5 Å². The fourth-order valence-electron chi connectivity index (χ4n) is 13.2. The standard InChI is InChI=1S/C44H73N5O5/c1-26(2)29(7)39(8)19-20-41(10)30-15-16-33-40(9)22-53-24-44(33,31(30)17-18-42(41,11)34(39)38(51)52)21-32(35(40)54-23-43(12,27(3)4)48(13)14)49-36(45-25-46-49)37(50)47-28(5)6/h17,25-30,32-35H,15-16,18-24H2,1-14H3,(H,47,50)(H,51,52)/t29-,30+,32-,33+,34-,35+,39-,40-,41-,42+,43+,44+/m1/s1. The van der Waals surface area contributed by atoms with Crippen LogP contribution in [-0.4, -0.2) is 88.2 Å². The fraction of sp³-hybridized carbons (Fsp3) is 0.864. The molecule has 5 aliphatic rings. The lowest BCUT2D eigenvalue weighted by molar-refractivity contribution is -0.255. The lowest BCUT2D eigenvalue weighted by Crippen LogP contribution is -2.69. The fourth-order valence-corrected chi connectivity index (χ4v) is 13.2. The number of allylic oxidation sites excluding steroid dienone is 1. The number of hydrogen-bond donors (Lipinski definition) is 2. The van der Waals surface area contributed by atoms with Crippen LogP contribution in [0, 0.1) is 62.6 Å². The molecule has 0 aromatic carbocycles. The third kappa shape index (κ3) is 5.87. The molecule has 12 atom stereocenters. The minimum atomic E-state index is -0.641. The number of nitrogens with one attached hydrogen (secondary N) is 1. The van der Waals surface area contributed by atoms with Gasteiger partial charge >= 0.3 is 5.97 Å². The molecule has 1 aromatic rings. The molecule has 0 radical (unpaired) electrons. The zero-order valence-electron chi connectivity index (χ0n) is 36.1. The number of rotatable bonds is 11. The van der Waals surface area contributed by atoms with Gasteiger partial charge in [-0.2, -0.15) is 5.10 Å². The van der Waals surface area contributed by atoms with E-state index in [1.807, 2.05) is 18.5 Å². The van der Waals surface area contributed by atoms with Gasteiger partial charge in [-0.15, -0.1) is 0 Å². The number of likely N-dealkylation sites (N-methyl/N-ethyl adjacent to an activating group) is 1. The third-order valence-corrected chi connectivity index (χ3v) is 17.4. The van der Waals surface area contributed by atoms with Crippen LogP contribution in [0.5, 0.6) is 0 Å². The van der Waals surface area contributed by atoms with Gasteiger partial charge in [0.05, 0.1) is 37.9 Å². The van der Waals surface area contributed by atoms with Crippen LogP contribution >= 0.6 is 0 Å². The van der Waals surface area contributed by atoms with Crippen molar-refractivity contribution >= 4 is 11.9 Å². The van der Waals surface area contributed by atoms with Gasteiger partial charge in [-0.25, -0.2) is 9.67 Å². The summed E-state index contributed by atoms with van der Waals surface area (Å²) in [6.07, 6.45) is 9.19. The molecule has 54 heavy (non-hydrogen) atoms. The molecule has 1 amide bonds. The van der Waals surface area contributed by atoms with E-state index in [2.05, 4.69) is 105 Å². The second-order valence-electron chi connectivity index (χ2n) is 20.9. The molecule has 1 aromatic heterocycles. The van der Waals surface area contributed by atoms with Gasteiger partial charge < -0.3 is 24.8 Å². The van der Waals surface area contributed by atoms with Crippen LogP contribution in [0.4, 0.5) is 0 Å². The topological polar surface area (TPSA) is 119 Å². The Labute approximate surface area is 326 Å². The Balaban J connectivity index is 1.48. The largest absolute Gasteiger partial charge is 0.481 e. The summed E-state index contributed by atoms with van der Waals surface area (Å²) in [6, 6.07) is -0.295. The summed E-state index contributed by atoms with van der Waals surface area (Å²) in [5, 5.41) is 19.0. The average molecular weight is 752 g/mol. The summed E-state index contributed by atoms with van der Waals surface area (Å²) in [5.41, 5.74) is -0.282. The van der Waals surface area contributed by atoms with Crippen LogP contribution < -0.4 is 5.32 Å². The van der Waals surface area contributed by atoms with Crippen molar-refractivity contribution in [2.75, 3.05) is 33.9 Å². The van der Waals surface area contributed by atoms with Gasteiger partial charge in [-0.1, -0.05) is 74.0 Å². The zero-order chi connectivity index (χ0) is 40.0. The molecule has 1 aliphatic heterocycles. The highest BCUT2D eigenvalue weighted by Gasteiger charge is 2.72. The van der Waals surface area contributed by atoms with Crippen molar-refractivity contribution in [2.45, 2.75) is 145 Å². The highest BCUT2D eigenvalue weighted by atomic mass is 16.5. The van der Waals surface area contributed by atoms with Crippen molar-refractivity contribution in [3.63, 3.8) is 0 Å². The molecular weight excluding hydrogens is 679 g/mol. The van der Waals surface area contributed by atoms with Crippen LogP contribution in [0.15, 0.2) is 18.0 Å². The summed E-state index contributed by atoms with van der Waals surface area (Å²) >= 11 is 0. The molecule has 2 bridgehead atoms. The number of carbonyl (C=O) groups excluding carboxylic acids is 1. The summed E-state index contributed by atoms with van der Waals surface area (Å²) in [4.78, 5) is 34.1. The van der Waals surface area contributed by atoms with E-state index >= 15 is 0 Å². The van der Waals surface area contributed by atoms with Gasteiger partial charge in [0.25, 0.3) is 5.91 Å². The van der Waals surface area contributed by atoms with E-state index < -0.39 is 17.3 Å².